The summed E-state index contributed by atoms with van der Waals surface area (Å²) in [5.41, 5.74) is 1.25. The van der Waals surface area contributed by atoms with E-state index in [2.05, 4.69) is 21.4 Å². The molecule has 114 valence electrons. The van der Waals surface area contributed by atoms with Crippen LogP contribution < -0.4 is 11.3 Å². The Kier molecular flexibility index (Phi) is 5.03. The van der Waals surface area contributed by atoms with Gasteiger partial charge in [-0.2, -0.15) is 13.2 Å². The molecule has 0 bridgehead atoms. The summed E-state index contributed by atoms with van der Waals surface area (Å²) in [7, 11) is 0. The molecule has 21 heavy (non-hydrogen) atoms. The van der Waals surface area contributed by atoms with Crippen LogP contribution >= 0.6 is 27.3 Å². The lowest BCUT2D eigenvalue weighted by Crippen LogP contribution is -2.31. The Morgan fingerprint density at radius 3 is 2.52 bits per heavy atom. The fourth-order valence-electron chi connectivity index (χ4n) is 1.99. The summed E-state index contributed by atoms with van der Waals surface area (Å²) in [5.74, 6) is 4.65. The number of hydrogen-bond donors (Lipinski definition) is 2. The second-order valence-electron chi connectivity index (χ2n) is 4.34. The third-order valence-corrected chi connectivity index (χ3v) is 4.92. The van der Waals surface area contributed by atoms with Crippen LogP contribution in [0.15, 0.2) is 34.1 Å². The molecule has 0 amide bonds. The van der Waals surface area contributed by atoms with Crippen LogP contribution in [0.5, 0.6) is 0 Å². The van der Waals surface area contributed by atoms with E-state index in [9.17, 15) is 17.6 Å². The van der Waals surface area contributed by atoms with E-state index in [4.69, 9.17) is 5.84 Å². The number of hydrogen-bond acceptors (Lipinski definition) is 3. The fraction of sp³-hybridized carbons (Fsp3) is 0.231. The topological polar surface area (TPSA) is 38.0 Å². The molecular weight excluding hydrogens is 372 g/mol. The molecule has 3 N–H and O–H groups in total. The maximum absolute atomic E-state index is 13.3. The lowest BCUT2D eigenvalue weighted by atomic mass is 9.97. The van der Waals surface area contributed by atoms with Crippen LogP contribution in [0.3, 0.4) is 0 Å². The zero-order valence-electron chi connectivity index (χ0n) is 10.5. The van der Waals surface area contributed by atoms with E-state index in [0.717, 1.165) is 27.5 Å². The highest BCUT2D eigenvalue weighted by Gasteiger charge is 2.35. The molecule has 0 aliphatic rings. The van der Waals surface area contributed by atoms with Crippen molar-refractivity contribution in [3.8, 4) is 0 Å². The monoisotopic (exact) mass is 382 g/mol. The highest BCUT2D eigenvalue weighted by atomic mass is 79.9. The maximum atomic E-state index is 13.3. The first-order valence-corrected chi connectivity index (χ1v) is 7.55. The summed E-state index contributed by atoms with van der Waals surface area (Å²) < 4.78 is 53.2. The molecule has 1 unspecified atom stereocenters. The van der Waals surface area contributed by atoms with Crippen LogP contribution in [0.4, 0.5) is 17.6 Å². The quantitative estimate of drug-likeness (QED) is 0.466. The van der Waals surface area contributed by atoms with Crippen LogP contribution in [0, 0.1) is 5.82 Å². The van der Waals surface area contributed by atoms with Crippen LogP contribution in [0.25, 0.3) is 0 Å². The maximum Gasteiger partial charge on any atom is 0.416 e. The zero-order chi connectivity index (χ0) is 15.6. The highest BCUT2D eigenvalue weighted by Crippen LogP contribution is 2.37. The van der Waals surface area contributed by atoms with Gasteiger partial charge in [-0.1, -0.05) is 0 Å². The van der Waals surface area contributed by atoms with E-state index in [0.29, 0.717) is 0 Å². The van der Waals surface area contributed by atoms with Gasteiger partial charge in [-0.25, -0.2) is 4.39 Å². The van der Waals surface area contributed by atoms with E-state index < -0.39 is 23.6 Å². The minimum atomic E-state index is -4.56. The Hall–Kier alpha value is -0.960. The lowest BCUT2D eigenvalue weighted by molar-refractivity contribution is -0.138. The van der Waals surface area contributed by atoms with Crippen molar-refractivity contribution < 1.29 is 17.6 Å². The average molecular weight is 383 g/mol. The summed E-state index contributed by atoms with van der Waals surface area (Å²) >= 11 is 4.70. The van der Waals surface area contributed by atoms with Crippen molar-refractivity contribution in [2.24, 2.45) is 5.84 Å². The molecule has 0 fully saturated rings. The summed E-state index contributed by atoms with van der Waals surface area (Å²) in [6.45, 7) is 0. The van der Waals surface area contributed by atoms with Crippen molar-refractivity contribution in [3.05, 3.63) is 55.9 Å². The third-order valence-electron chi connectivity index (χ3n) is 2.98. The van der Waals surface area contributed by atoms with Gasteiger partial charge in [0.05, 0.1) is 11.6 Å². The van der Waals surface area contributed by atoms with Crippen molar-refractivity contribution in [2.75, 3.05) is 0 Å². The van der Waals surface area contributed by atoms with Gasteiger partial charge in [0.15, 0.2) is 0 Å². The Labute approximate surface area is 131 Å². The van der Waals surface area contributed by atoms with Crippen molar-refractivity contribution in [1.29, 1.82) is 0 Å². The van der Waals surface area contributed by atoms with Gasteiger partial charge in [0, 0.05) is 15.8 Å². The molecule has 0 saturated heterocycles. The summed E-state index contributed by atoms with van der Waals surface area (Å²) in [5, 5.41) is 1.81. The number of benzene rings is 1. The number of thiophene rings is 1. The standard InChI is InChI=1S/C13H11BrF4N2S/c14-10-3-4-21-12(10)6-11(20-19)8-5-7(15)1-2-9(8)13(16,17)18/h1-5,11,20H,6,19H2. The van der Waals surface area contributed by atoms with E-state index in [1.807, 2.05) is 5.38 Å². The van der Waals surface area contributed by atoms with Crippen LogP contribution in [0.1, 0.15) is 22.0 Å². The number of rotatable bonds is 4. The van der Waals surface area contributed by atoms with Crippen molar-refractivity contribution in [2.45, 2.75) is 18.6 Å². The van der Waals surface area contributed by atoms with Gasteiger partial charge in [-0.05, 0) is 51.1 Å². The number of alkyl halides is 3. The smallest absolute Gasteiger partial charge is 0.271 e. The lowest BCUT2D eigenvalue weighted by Gasteiger charge is -2.21. The molecule has 0 radical (unpaired) electrons. The number of nitrogens with one attached hydrogen (secondary N) is 1. The molecular formula is C13H11BrF4N2S. The van der Waals surface area contributed by atoms with Gasteiger partial charge in [-0.3, -0.25) is 11.3 Å². The fourth-order valence-corrected chi connectivity index (χ4v) is 3.56. The molecule has 0 spiro atoms. The SMILES string of the molecule is NNC(Cc1sccc1Br)c1cc(F)ccc1C(F)(F)F. The summed E-state index contributed by atoms with van der Waals surface area (Å²) in [6.07, 6.45) is -4.34. The largest absolute Gasteiger partial charge is 0.416 e. The Morgan fingerprint density at radius 2 is 2.00 bits per heavy atom. The second-order valence-corrected chi connectivity index (χ2v) is 6.20. The third kappa shape index (κ3) is 3.82. The van der Waals surface area contributed by atoms with Gasteiger partial charge in [-0.15, -0.1) is 11.3 Å². The molecule has 2 rings (SSSR count). The minimum absolute atomic E-state index is 0.203. The molecule has 8 heteroatoms. The number of halogens is 5. The highest BCUT2D eigenvalue weighted by molar-refractivity contribution is 9.10. The van der Waals surface area contributed by atoms with Gasteiger partial charge >= 0.3 is 6.18 Å². The first-order valence-electron chi connectivity index (χ1n) is 5.87. The van der Waals surface area contributed by atoms with Gasteiger partial charge in [0.1, 0.15) is 5.82 Å². The zero-order valence-corrected chi connectivity index (χ0v) is 12.9. The molecule has 1 atom stereocenters. The van der Waals surface area contributed by atoms with Crippen molar-refractivity contribution >= 4 is 27.3 Å². The van der Waals surface area contributed by atoms with Crippen LogP contribution in [-0.2, 0) is 12.6 Å². The Morgan fingerprint density at radius 1 is 1.29 bits per heavy atom. The van der Waals surface area contributed by atoms with Gasteiger partial charge < -0.3 is 0 Å². The predicted molar refractivity (Wildman–Crippen MR) is 77.2 cm³/mol. The average Bonchev–Trinajstić information content (AvgIpc) is 2.79. The molecule has 2 nitrogen and oxygen atoms in total. The first kappa shape index (κ1) is 16.4. The summed E-state index contributed by atoms with van der Waals surface area (Å²) in [4.78, 5) is 0.829. The van der Waals surface area contributed by atoms with Crippen LogP contribution in [-0.4, -0.2) is 0 Å². The predicted octanol–water partition coefficient (Wildman–Crippen LogP) is 4.42. The summed E-state index contributed by atoms with van der Waals surface area (Å²) in [6, 6.07) is 3.35. The van der Waals surface area contributed by atoms with Crippen molar-refractivity contribution in [3.63, 3.8) is 0 Å². The first-order chi connectivity index (χ1) is 9.82. The molecule has 2 aromatic rings. The Balaban J connectivity index is 2.42. The van der Waals surface area contributed by atoms with E-state index in [1.54, 1.807) is 6.07 Å². The van der Waals surface area contributed by atoms with E-state index in [-0.39, 0.29) is 12.0 Å². The molecule has 0 saturated carbocycles. The van der Waals surface area contributed by atoms with Gasteiger partial charge in [0.25, 0.3) is 0 Å². The Bertz CT molecular complexity index is 627. The van der Waals surface area contributed by atoms with Crippen molar-refractivity contribution in [1.82, 2.24) is 5.43 Å². The molecule has 0 aliphatic heterocycles. The molecule has 1 aromatic carbocycles. The molecule has 1 heterocycles. The van der Waals surface area contributed by atoms with Crippen LogP contribution in [0.2, 0.25) is 0 Å². The number of nitrogens with two attached hydrogens (primary N) is 1. The van der Waals surface area contributed by atoms with E-state index >= 15 is 0 Å². The second kappa shape index (κ2) is 6.43. The van der Waals surface area contributed by atoms with E-state index in [1.165, 1.54) is 11.3 Å². The van der Waals surface area contributed by atoms with Gasteiger partial charge in [0.2, 0.25) is 0 Å². The number of hydrazine groups is 1. The molecule has 0 aliphatic carbocycles. The molecule has 1 aromatic heterocycles. The normalized spacial score (nSPS) is 13.4. The minimum Gasteiger partial charge on any atom is -0.271 e.